The molecular weight excluding hydrogens is 301 g/mol. The minimum atomic E-state index is -0.732. The summed E-state index contributed by atoms with van der Waals surface area (Å²) in [5, 5.41) is 3.99. The molecule has 0 spiro atoms. The molecule has 1 heterocycles. The second kappa shape index (κ2) is 7.04. The molecule has 2 aromatic rings. The second-order valence-corrected chi connectivity index (χ2v) is 5.20. The number of rotatable bonds is 6. The van der Waals surface area contributed by atoms with Gasteiger partial charge in [-0.25, -0.2) is 9.18 Å². The Morgan fingerprint density at radius 3 is 2.61 bits per heavy atom. The standard InChI is InChI=1S/C16H18FN3O3/c1-4-19(9-11(2)3)14(21)10-20-16(22)23-15(18-20)12-5-7-13(17)8-6-12/h5-8H,2,4,9-10H2,1,3H3. The molecule has 0 atom stereocenters. The van der Waals surface area contributed by atoms with Gasteiger partial charge in [-0.1, -0.05) is 12.2 Å². The van der Waals surface area contributed by atoms with Crippen LogP contribution < -0.4 is 5.76 Å². The highest BCUT2D eigenvalue weighted by Crippen LogP contribution is 2.15. The van der Waals surface area contributed by atoms with E-state index in [9.17, 15) is 14.0 Å². The Hall–Kier alpha value is -2.70. The van der Waals surface area contributed by atoms with Crippen molar-refractivity contribution in [2.75, 3.05) is 13.1 Å². The summed E-state index contributed by atoms with van der Waals surface area (Å²) in [5.41, 5.74) is 1.31. The Bertz CT molecular complexity index is 762. The Labute approximate surface area is 132 Å². The number of hydrogen-bond acceptors (Lipinski definition) is 4. The van der Waals surface area contributed by atoms with Gasteiger partial charge in [0.1, 0.15) is 12.4 Å². The molecule has 0 aliphatic rings. The Balaban J connectivity index is 2.18. The lowest BCUT2D eigenvalue weighted by molar-refractivity contribution is -0.131. The van der Waals surface area contributed by atoms with E-state index in [0.29, 0.717) is 18.7 Å². The van der Waals surface area contributed by atoms with E-state index in [1.54, 1.807) is 4.90 Å². The molecule has 0 saturated heterocycles. The Morgan fingerprint density at radius 2 is 2.04 bits per heavy atom. The third kappa shape index (κ3) is 4.15. The first-order valence-electron chi connectivity index (χ1n) is 7.16. The van der Waals surface area contributed by atoms with Crippen molar-refractivity contribution >= 4 is 5.91 Å². The minimum absolute atomic E-state index is 0.0470. The SMILES string of the molecule is C=C(C)CN(CC)C(=O)Cn1nc(-c2ccc(F)cc2)oc1=O. The van der Waals surface area contributed by atoms with Crippen LogP contribution in [0.4, 0.5) is 4.39 Å². The van der Waals surface area contributed by atoms with Crippen LogP contribution in [-0.2, 0) is 11.3 Å². The quantitative estimate of drug-likeness (QED) is 0.764. The van der Waals surface area contributed by atoms with E-state index in [-0.39, 0.29) is 18.3 Å². The smallest absolute Gasteiger partial charge is 0.388 e. The van der Waals surface area contributed by atoms with Gasteiger partial charge in [-0.15, -0.1) is 5.10 Å². The van der Waals surface area contributed by atoms with Crippen LogP contribution in [0.2, 0.25) is 0 Å². The first-order chi connectivity index (χ1) is 10.9. The van der Waals surface area contributed by atoms with E-state index in [2.05, 4.69) is 11.7 Å². The maximum absolute atomic E-state index is 12.9. The molecule has 0 bridgehead atoms. The molecule has 0 aliphatic carbocycles. The number of likely N-dealkylation sites (N-methyl/N-ethyl adjacent to an activating group) is 1. The first kappa shape index (κ1) is 16.7. The summed E-state index contributed by atoms with van der Waals surface area (Å²) in [4.78, 5) is 25.6. The number of carbonyl (C=O) groups excluding carboxylic acids is 1. The van der Waals surface area contributed by atoms with Gasteiger partial charge in [0.15, 0.2) is 0 Å². The van der Waals surface area contributed by atoms with Crippen molar-refractivity contribution in [3.05, 3.63) is 52.8 Å². The van der Waals surface area contributed by atoms with E-state index >= 15 is 0 Å². The fourth-order valence-corrected chi connectivity index (χ4v) is 2.05. The molecule has 122 valence electrons. The zero-order chi connectivity index (χ0) is 17.0. The van der Waals surface area contributed by atoms with Crippen LogP contribution in [0.3, 0.4) is 0 Å². The van der Waals surface area contributed by atoms with Crippen molar-refractivity contribution in [3.63, 3.8) is 0 Å². The summed E-state index contributed by atoms with van der Waals surface area (Å²) >= 11 is 0. The van der Waals surface area contributed by atoms with Crippen molar-refractivity contribution in [1.82, 2.24) is 14.7 Å². The molecule has 0 unspecified atom stereocenters. The molecule has 1 aromatic heterocycles. The third-order valence-electron chi connectivity index (χ3n) is 3.18. The van der Waals surface area contributed by atoms with Gasteiger partial charge in [-0.05, 0) is 38.1 Å². The lowest BCUT2D eigenvalue weighted by atomic mass is 10.2. The number of amides is 1. The van der Waals surface area contributed by atoms with Crippen LogP contribution in [0, 0.1) is 5.82 Å². The highest BCUT2D eigenvalue weighted by Gasteiger charge is 2.17. The Morgan fingerprint density at radius 1 is 1.39 bits per heavy atom. The highest BCUT2D eigenvalue weighted by atomic mass is 19.1. The largest absolute Gasteiger partial charge is 0.437 e. The van der Waals surface area contributed by atoms with Gasteiger partial charge in [-0.3, -0.25) is 4.79 Å². The summed E-state index contributed by atoms with van der Waals surface area (Å²) in [7, 11) is 0. The predicted octanol–water partition coefficient (Wildman–Crippen LogP) is 2.07. The van der Waals surface area contributed by atoms with E-state index in [1.807, 2.05) is 13.8 Å². The van der Waals surface area contributed by atoms with Crippen LogP contribution >= 0.6 is 0 Å². The van der Waals surface area contributed by atoms with Crippen molar-refractivity contribution in [3.8, 4) is 11.5 Å². The lowest BCUT2D eigenvalue weighted by Crippen LogP contribution is -2.36. The number of nitrogens with zero attached hydrogens (tertiary/aromatic N) is 3. The van der Waals surface area contributed by atoms with E-state index in [1.165, 1.54) is 24.3 Å². The summed E-state index contributed by atoms with van der Waals surface area (Å²) < 4.78 is 18.9. The van der Waals surface area contributed by atoms with Crippen molar-refractivity contribution in [1.29, 1.82) is 0 Å². The maximum atomic E-state index is 12.9. The van der Waals surface area contributed by atoms with Crippen molar-refractivity contribution < 1.29 is 13.6 Å². The number of halogens is 1. The van der Waals surface area contributed by atoms with Gasteiger partial charge < -0.3 is 9.32 Å². The number of hydrogen-bond donors (Lipinski definition) is 0. The second-order valence-electron chi connectivity index (χ2n) is 5.20. The third-order valence-corrected chi connectivity index (χ3v) is 3.18. The Kier molecular flexibility index (Phi) is 5.10. The molecule has 1 aromatic carbocycles. The maximum Gasteiger partial charge on any atom is 0.437 e. The van der Waals surface area contributed by atoms with Crippen LogP contribution in [0.25, 0.3) is 11.5 Å². The van der Waals surface area contributed by atoms with Crippen LogP contribution in [0.1, 0.15) is 13.8 Å². The van der Waals surface area contributed by atoms with E-state index < -0.39 is 11.6 Å². The highest BCUT2D eigenvalue weighted by molar-refractivity contribution is 5.76. The molecule has 2 rings (SSSR count). The molecule has 0 saturated carbocycles. The molecule has 1 amide bonds. The summed E-state index contributed by atoms with van der Waals surface area (Å²) in [6.07, 6.45) is 0. The molecule has 0 fully saturated rings. The van der Waals surface area contributed by atoms with Crippen molar-refractivity contribution in [2.45, 2.75) is 20.4 Å². The van der Waals surface area contributed by atoms with Gasteiger partial charge in [-0.2, -0.15) is 4.68 Å². The van der Waals surface area contributed by atoms with E-state index in [4.69, 9.17) is 4.42 Å². The summed E-state index contributed by atoms with van der Waals surface area (Å²) in [6.45, 7) is 8.15. The average Bonchev–Trinajstić information content (AvgIpc) is 2.86. The summed E-state index contributed by atoms with van der Waals surface area (Å²) in [5.74, 6) is -1.34. The van der Waals surface area contributed by atoms with Gasteiger partial charge in [0.05, 0.1) is 0 Å². The van der Waals surface area contributed by atoms with Gasteiger partial charge in [0.2, 0.25) is 11.8 Å². The molecule has 0 radical (unpaired) electrons. The van der Waals surface area contributed by atoms with E-state index in [0.717, 1.165) is 10.3 Å². The molecule has 7 heteroatoms. The molecule has 0 aliphatic heterocycles. The summed E-state index contributed by atoms with van der Waals surface area (Å²) in [6, 6.07) is 5.38. The zero-order valence-corrected chi connectivity index (χ0v) is 13.1. The first-order valence-corrected chi connectivity index (χ1v) is 7.16. The fraction of sp³-hybridized carbons (Fsp3) is 0.312. The number of carbonyl (C=O) groups is 1. The monoisotopic (exact) mass is 319 g/mol. The lowest BCUT2D eigenvalue weighted by Gasteiger charge is -2.20. The van der Waals surface area contributed by atoms with Gasteiger partial charge >= 0.3 is 5.76 Å². The molecule has 6 nitrogen and oxygen atoms in total. The molecule has 0 N–H and O–H groups in total. The van der Waals surface area contributed by atoms with Gasteiger partial charge in [0.25, 0.3) is 0 Å². The van der Waals surface area contributed by atoms with Crippen molar-refractivity contribution in [2.24, 2.45) is 0 Å². The normalized spacial score (nSPS) is 10.6. The minimum Gasteiger partial charge on any atom is -0.388 e. The predicted molar refractivity (Wildman–Crippen MR) is 83.2 cm³/mol. The van der Waals surface area contributed by atoms with Crippen LogP contribution in [0.15, 0.2) is 45.6 Å². The number of aromatic nitrogens is 2. The zero-order valence-electron chi connectivity index (χ0n) is 13.1. The van der Waals surface area contributed by atoms with Crippen LogP contribution in [-0.4, -0.2) is 33.7 Å². The fourth-order valence-electron chi connectivity index (χ4n) is 2.05. The molecular formula is C16H18FN3O3. The molecule has 23 heavy (non-hydrogen) atoms. The topological polar surface area (TPSA) is 68.3 Å². The van der Waals surface area contributed by atoms with Crippen LogP contribution in [0.5, 0.6) is 0 Å². The number of benzene rings is 1. The van der Waals surface area contributed by atoms with Gasteiger partial charge in [0, 0.05) is 18.7 Å². The average molecular weight is 319 g/mol.